The van der Waals surface area contributed by atoms with Gasteiger partial charge in [-0.25, -0.2) is 13.1 Å². The monoisotopic (exact) mass is 307 g/mol. The first-order chi connectivity index (χ1) is 8.90. The average Bonchev–Trinajstić information content (AvgIpc) is 2.73. The summed E-state index contributed by atoms with van der Waals surface area (Å²) in [5, 5.41) is 10.5. The van der Waals surface area contributed by atoms with Gasteiger partial charge in [0.25, 0.3) is 10.0 Å². The number of anilines is 1. The van der Waals surface area contributed by atoms with Crippen LogP contribution in [0.2, 0.25) is 0 Å². The van der Waals surface area contributed by atoms with E-state index in [1.807, 2.05) is 0 Å². The van der Waals surface area contributed by atoms with Crippen molar-refractivity contribution in [3.05, 3.63) is 16.2 Å². The molecule has 1 aromatic rings. The quantitative estimate of drug-likeness (QED) is 0.623. The largest absolute Gasteiger partial charge is 0.385 e. The minimum absolute atomic E-state index is 0.120. The number of sulfonamides is 1. The van der Waals surface area contributed by atoms with Crippen molar-refractivity contribution in [1.82, 2.24) is 4.72 Å². The predicted molar refractivity (Wildman–Crippen MR) is 69.5 cm³/mol. The van der Waals surface area contributed by atoms with Gasteiger partial charge in [0.2, 0.25) is 0 Å². The number of nitrogens with one attached hydrogen (secondary N) is 1. The van der Waals surface area contributed by atoms with Crippen molar-refractivity contribution < 1.29 is 18.1 Å². The molecule has 0 spiro atoms. The maximum absolute atomic E-state index is 12.1. The van der Waals surface area contributed by atoms with Crippen molar-refractivity contribution in [3.63, 3.8) is 0 Å². The Balaban J connectivity index is 2.19. The Bertz CT molecular complexity index is 577. The van der Waals surface area contributed by atoms with Crippen molar-refractivity contribution in [2.45, 2.75) is 23.1 Å². The SMILES string of the molecule is Nc1sc(S(=O)(=O)NC2CCCOC2)cc1[N+](=O)[O-]. The van der Waals surface area contributed by atoms with Crippen LogP contribution in [-0.2, 0) is 14.8 Å². The second-order valence-corrected chi connectivity index (χ2v) is 7.13. The lowest BCUT2D eigenvalue weighted by Crippen LogP contribution is -2.40. The van der Waals surface area contributed by atoms with Gasteiger partial charge in [-0.05, 0) is 12.8 Å². The van der Waals surface area contributed by atoms with E-state index in [0.29, 0.717) is 31.0 Å². The van der Waals surface area contributed by atoms with Gasteiger partial charge in [0.1, 0.15) is 4.21 Å². The molecule has 0 saturated carbocycles. The third-order valence-electron chi connectivity index (χ3n) is 2.66. The Labute approximate surface area is 113 Å². The Kier molecular flexibility index (Phi) is 4.04. The average molecular weight is 307 g/mol. The Morgan fingerprint density at radius 2 is 2.32 bits per heavy atom. The molecule has 0 aromatic carbocycles. The topological polar surface area (TPSA) is 125 Å². The number of ether oxygens (including phenoxy) is 1. The summed E-state index contributed by atoms with van der Waals surface area (Å²) >= 11 is 0.683. The lowest BCUT2D eigenvalue weighted by molar-refractivity contribution is -0.383. The van der Waals surface area contributed by atoms with Gasteiger partial charge < -0.3 is 10.5 Å². The summed E-state index contributed by atoms with van der Waals surface area (Å²) in [7, 11) is -3.79. The van der Waals surface area contributed by atoms with E-state index >= 15 is 0 Å². The van der Waals surface area contributed by atoms with E-state index in [4.69, 9.17) is 10.5 Å². The first-order valence-electron chi connectivity index (χ1n) is 5.54. The Hall–Kier alpha value is -1.23. The normalized spacial score (nSPS) is 20.3. The molecule has 0 amide bonds. The highest BCUT2D eigenvalue weighted by Crippen LogP contribution is 2.34. The zero-order valence-electron chi connectivity index (χ0n) is 9.87. The van der Waals surface area contributed by atoms with Crippen LogP contribution in [0.3, 0.4) is 0 Å². The van der Waals surface area contributed by atoms with Gasteiger partial charge in [-0.3, -0.25) is 10.1 Å². The third-order valence-corrected chi connectivity index (χ3v) is 5.61. The smallest absolute Gasteiger partial charge is 0.304 e. The van der Waals surface area contributed by atoms with Crippen molar-refractivity contribution >= 4 is 32.0 Å². The molecule has 1 unspecified atom stereocenters. The van der Waals surface area contributed by atoms with Crippen LogP contribution >= 0.6 is 11.3 Å². The van der Waals surface area contributed by atoms with E-state index in [1.165, 1.54) is 0 Å². The molecule has 0 aliphatic carbocycles. The molecule has 8 nitrogen and oxygen atoms in total. The second-order valence-electron chi connectivity index (χ2n) is 4.11. The van der Waals surface area contributed by atoms with E-state index < -0.39 is 14.9 Å². The van der Waals surface area contributed by atoms with Crippen molar-refractivity contribution in [3.8, 4) is 0 Å². The summed E-state index contributed by atoms with van der Waals surface area (Å²) < 4.78 is 31.6. The fourth-order valence-electron chi connectivity index (χ4n) is 1.76. The number of nitrogens with two attached hydrogens (primary N) is 1. The summed E-state index contributed by atoms with van der Waals surface area (Å²) in [5.74, 6) is 0. The molecule has 0 bridgehead atoms. The molecule has 0 radical (unpaired) electrons. The fourth-order valence-corrected chi connectivity index (χ4v) is 4.24. The van der Waals surface area contributed by atoms with Crippen LogP contribution in [0.15, 0.2) is 10.3 Å². The maximum Gasteiger partial charge on any atom is 0.304 e. The molecular weight excluding hydrogens is 294 g/mol. The summed E-state index contributed by atoms with van der Waals surface area (Å²) in [5.41, 5.74) is 5.05. The van der Waals surface area contributed by atoms with Crippen molar-refractivity contribution in [2.75, 3.05) is 18.9 Å². The molecule has 1 fully saturated rings. The molecule has 19 heavy (non-hydrogen) atoms. The molecule has 106 valence electrons. The summed E-state index contributed by atoms with van der Waals surface area (Å²) in [4.78, 5) is 9.95. The predicted octanol–water partition coefficient (Wildman–Crippen LogP) is 0.696. The van der Waals surface area contributed by atoms with Crippen molar-refractivity contribution in [1.29, 1.82) is 0 Å². The molecule has 2 heterocycles. The number of rotatable bonds is 4. The van der Waals surface area contributed by atoms with E-state index in [-0.39, 0.29) is 20.9 Å². The van der Waals surface area contributed by atoms with Gasteiger partial charge in [0, 0.05) is 18.7 Å². The molecule has 1 aliphatic rings. The number of nitrogen functional groups attached to an aromatic ring is 1. The Morgan fingerprint density at radius 3 is 2.84 bits per heavy atom. The van der Waals surface area contributed by atoms with Gasteiger partial charge in [-0.2, -0.15) is 0 Å². The van der Waals surface area contributed by atoms with E-state index in [9.17, 15) is 18.5 Å². The lowest BCUT2D eigenvalue weighted by atomic mass is 10.1. The first kappa shape index (κ1) is 14.2. The number of thiophene rings is 1. The fraction of sp³-hybridized carbons (Fsp3) is 0.556. The molecule has 1 atom stereocenters. The van der Waals surface area contributed by atoms with E-state index in [0.717, 1.165) is 12.5 Å². The third kappa shape index (κ3) is 3.21. The molecule has 10 heteroatoms. The second kappa shape index (κ2) is 5.41. The maximum atomic E-state index is 12.1. The summed E-state index contributed by atoms with van der Waals surface area (Å²) in [6, 6.07) is 0.674. The highest BCUT2D eigenvalue weighted by atomic mass is 32.2. The van der Waals surface area contributed by atoms with Crippen LogP contribution in [-0.4, -0.2) is 32.6 Å². The summed E-state index contributed by atoms with van der Waals surface area (Å²) in [6.45, 7) is 0.928. The van der Waals surface area contributed by atoms with Crippen LogP contribution in [0.5, 0.6) is 0 Å². The van der Waals surface area contributed by atoms with Gasteiger partial charge in [0.15, 0.2) is 5.00 Å². The standard InChI is InChI=1S/C9H13N3O5S2/c10-9-7(12(13)14)4-8(18-9)19(15,16)11-6-2-1-3-17-5-6/h4,6,11H,1-3,5,10H2. The molecule has 1 saturated heterocycles. The van der Waals surface area contributed by atoms with Gasteiger partial charge in [-0.1, -0.05) is 11.3 Å². The molecule has 1 aromatic heterocycles. The highest BCUT2D eigenvalue weighted by molar-refractivity contribution is 7.91. The van der Waals surface area contributed by atoms with Crippen LogP contribution in [0.4, 0.5) is 10.7 Å². The van der Waals surface area contributed by atoms with E-state index in [2.05, 4.69) is 4.72 Å². The Morgan fingerprint density at radius 1 is 1.58 bits per heavy atom. The molecule has 1 aliphatic heterocycles. The minimum Gasteiger partial charge on any atom is -0.385 e. The van der Waals surface area contributed by atoms with Gasteiger partial charge in [0.05, 0.1) is 11.5 Å². The number of nitro groups is 1. The number of hydrogen-bond acceptors (Lipinski definition) is 7. The first-order valence-corrected chi connectivity index (χ1v) is 7.84. The molecular formula is C9H13N3O5S2. The van der Waals surface area contributed by atoms with Crippen LogP contribution in [0, 0.1) is 10.1 Å². The van der Waals surface area contributed by atoms with Crippen LogP contribution in [0.25, 0.3) is 0 Å². The zero-order valence-corrected chi connectivity index (χ0v) is 11.5. The van der Waals surface area contributed by atoms with Crippen LogP contribution in [0.1, 0.15) is 12.8 Å². The molecule has 3 N–H and O–H groups in total. The number of nitrogens with zero attached hydrogens (tertiary/aromatic N) is 1. The minimum atomic E-state index is -3.79. The molecule has 2 rings (SSSR count). The zero-order chi connectivity index (χ0) is 14.0. The van der Waals surface area contributed by atoms with E-state index in [1.54, 1.807) is 0 Å². The van der Waals surface area contributed by atoms with Crippen LogP contribution < -0.4 is 10.5 Å². The van der Waals surface area contributed by atoms with Gasteiger partial charge >= 0.3 is 5.69 Å². The summed E-state index contributed by atoms with van der Waals surface area (Å²) in [6.07, 6.45) is 1.46. The number of hydrogen-bond donors (Lipinski definition) is 2. The van der Waals surface area contributed by atoms with Gasteiger partial charge in [-0.15, -0.1) is 0 Å². The highest BCUT2D eigenvalue weighted by Gasteiger charge is 2.27. The van der Waals surface area contributed by atoms with Crippen molar-refractivity contribution in [2.24, 2.45) is 0 Å². The lowest BCUT2D eigenvalue weighted by Gasteiger charge is -2.22.